The maximum Gasteiger partial charge on any atom is 0.222 e. The van der Waals surface area contributed by atoms with Crippen LogP contribution in [0.5, 0.6) is 5.75 Å². The van der Waals surface area contributed by atoms with Crippen LogP contribution in [0.25, 0.3) is 5.70 Å². The predicted octanol–water partition coefficient (Wildman–Crippen LogP) is 1.26. The van der Waals surface area contributed by atoms with E-state index in [0.29, 0.717) is 23.7 Å². The Hall–Kier alpha value is -2.34. The van der Waals surface area contributed by atoms with Crippen LogP contribution in [0.1, 0.15) is 12.5 Å². The van der Waals surface area contributed by atoms with Crippen molar-refractivity contribution in [2.75, 3.05) is 13.7 Å². The van der Waals surface area contributed by atoms with E-state index in [0.717, 1.165) is 11.3 Å². The van der Waals surface area contributed by atoms with Crippen LogP contribution in [-0.2, 0) is 0 Å². The molecule has 0 saturated heterocycles. The molecule has 1 heterocycles. The molecule has 1 aromatic rings. The smallest absolute Gasteiger partial charge is 0.222 e. The minimum atomic E-state index is 0.245. The lowest BCUT2D eigenvalue weighted by atomic mass is 10.1. The second-order valence-corrected chi connectivity index (χ2v) is 4.12. The summed E-state index contributed by atoms with van der Waals surface area (Å²) in [6.45, 7) is 6.18. The second kappa shape index (κ2) is 5.11. The van der Waals surface area contributed by atoms with Gasteiger partial charge in [-0.25, -0.2) is 10.0 Å². The number of hydrazone groups is 1. The van der Waals surface area contributed by atoms with Crippen LogP contribution in [0.2, 0.25) is 0 Å². The van der Waals surface area contributed by atoms with Crippen LogP contribution in [-0.4, -0.2) is 30.3 Å². The van der Waals surface area contributed by atoms with E-state index in [4.69, 9.17) is 16.2 Å². The van der Waals surface area contributed by atoms with Gasteiger partial charge >= 0.3 is 0 Å². The Morgan fingerprint density at radius 3 is 2.89 bits per heavy atom. The summed E-state index contributed by atoms with van der Waals surface area (Å²) in [5, 5.41) is 5.79. The van der Waals surface area contributed by atoms with Gasteiger partial charge in [0.05, 0.1) is 12.8 Å². The van der Waals surface area contributed by atoms with Crippen molar-refractivity contribution >= 4 is 23.1 Å². The highest BCUT2D eigenvalue weighted by Gasteiger charge is 2.24. The van der Waals surface area contributed by atoms with Gasteiger partial charge in [-0.3, -0.25) is 0 Å². The van der Waals surface area contributed by atoms with Crippen molar-refractivity contribution in [2.24, 2.45) is 21.6 Å². The SMILES string of the molecule is C=C1c2cccc(OC)c2N=C(N)N1/N=C(\C)CN. The molecule has 6 nitrogen and oxygen atoms in total. The number of nitrogens with zero attached hydrogens (tertiary/aromatic N) is 3. The topological polar surface area (TPSA) is 89.2 Å². The van der Waals surface area contributed by atoms with Gasteiger partial charge in [-0.05, 0) is 13.0 Å². The number of para-hydroxylation sites is 1. The Balaban J connectivity index is 2.52. The van der Waals surface area contributed by atoms with Gasteiger partial charge in [-0.2, -0.15) is 5.10 Å². The molecule has 0 fully saturated rings. The van der Waals surface area contributed by atoms with Crippen molar-refractivity contribution in [1.29, 1.82) is 0 Å². The molecule has 1 aliphatic rings. The van der Waals surface area contributed by atoms with E-state index >= 15 is 0 Å². The number of guanidine groups is 1. The molecule has 0 aliphatic carbocycles. The molecule has 0 aromatic heterocycles. The zero-order chi connectivity index (χ0) is 14.0. The van der Waals surface area contributed by atoms with Crippen molar-refractivity contribution in [1.82, 2.24) is 5.01 Å². The van der Waals surface area contributed by atoms with Crippen LogP contribution < -0.4 is 16.2 Å². The zero-order valence-corrected chi connectivity index (χ0v) is 11.1. The average Bonchev–Trinajstić information content (AvgIpc) is 2.42. The maximum atomic E-state index is 5.92. The number of fused-ring (bicyclic) bond motifs is 1. The summed E-state index contributed by atoms with van der Waals surface area (Å²) in [4.78, 5) is 4.32. The van der Waals surface area contributed by atoms with E-state index in [1.165, 1.54) is 5.01 Å². The van der Waals surface area contributed by atoms with Crippen LogP contribution in [0.15, 0.2) is 34.9 Å². The fourth-order valence-corrected chi connectivity index (χ4v) is 1.77. The van der Waals surface area contributed by atoms with Gasteiger partial charge < -0.3 is 16.2 Å². The first-order chi connectivity index (χ1) is 9.08. The van der Waals surface area contributed by atoms with Gasteiger partial charge in [0.15, 0.2) is 0 Å². The van der Waals surface area contributed by atoms with Crippen molar-refractivity contribution in [3.8, 4) is 5.75 Å². The highest BCUT2D eigenvalue weighted by Crippen LogP contribution is 2.39. The van der Waals surface area contributed by atoms with Crippen molar-refractivity contribution < 1.29 is 4.74 Å². The number of ether oxygens (including phenoxy) is 1. The maximum absolute atomic E-state index is 5.92. The monoisotopic (exact) mass is 259 g/mol. The third kappa shape index (κ3) is 2.30. The van der Waals surface area contributed by atoms with E-state index < -0.39 is 0 Å². The summed E-state index contributed by atoms with van der Waals surface area (Å²) in [5.74, 6) is 0.899. The number of rotatable bonds is 3. The van der Waals surface area contributed by atoms with Crippen LogP contribution >= 0.6 is 0 Å². The molecular weight excluding hydrogens is 242 g/mol. The fourth-order valence-electron chi connectivity index (χ4n) is 1.77. The molecule has 1 aliphatic heterocycles. The van der Waals surface area contributed by atoms with Crippen molar-refractivity contribution in [2.45, 2.75) is 6.92 Å². The third-order valence-corrected chi connectivity index (χ3v) is 2.79. The Kier molecular flexibility index (Phi) is 3.52. The summed E-state index contributed by atoms with van der Waals surface area (Å²) >= 11 is 0. The lowest BCUT2D eigenvalue weighted by molar-refractivity contribution is 0.415. The summed E-state index contributed by atoms with van der Waals surface area (Å²) in [5.41, 5.74) is 14.3. The van der Waals surface area contributed by atoms with Crippen LogP contribution in [0.4, 0.5) is 5.69 Å². The van der Waals surface area contributed by atoms with Crippen LogP contribution in [0.3, 0.4) is 0 Å². The molecule has 0 spiro atoms. The average molecular weight is 259 g/mol. The number of methoxy groups -OCH3 is 1. The Bertz CT molecular complexity index is 576. The third-order valence-electron chi connectivity index (χ3n) is 2.79. The Morgan fingerprint density at radius 2 is 2.26 bits per heavy atom. The molecule has 0 bridgehead atoms. The van der Waals surface area contributed by atoms with Crippen molar-refractivity contribution in [3.63, 3.8) is 0 Å². The molecule has 19 heavy (non-hydrogen) atoms. The number of hydrogen-bond acceptors (Lipinski definition) is 6. The molecule has 1 aromatic carbocycles. The molecule has 100 valence electrons. The highest BCUT2D eigenvalue weighted by atomic mass is 16.5. The van der Waals surface area contributed by atoms with Crippen LogP contribution in [0, 0.1) is 0 Å². The quantitative estimate of drug-likeness (QED) is 0.800. The van der Waals surface area contributed by atoms with E-state index in [-0.39, 0.29) is 5.96 Å². The number of hydrogen-bond donors (Lipinski definition) is 2. The van der Waals surface area contributed by atoms with Gasteiger partial charge in [0.2, 0.25) is 5.96 Å². The van der Waals surface area contributed by atoms with Gasteiger partial charge in [-0.15, -0.1) is 0 Å². The minimum Gasteiger partial charge on any atom is -0.494 e. The first-order valence-corrected chi connectivity index (χ1v) is 5.83. The molecule has 0 atom stereocenters. The summed E-state index contributed by atoms with van der Waals surface area (Å²) in [6, 6.07) is 5.60. The van der Waals surface area contributed by atoms with E-state index in [9.17, 15) is 0 Å². The van der Waals surface area contributed by atoms with Gasteiger partial charge in [0.25, 0.3) is 0 Å². The Labute approximate surface area is 112 Å². The molecule has 0 radical (unpaired) electrons. The van der Waals surface area contributed by atoms with E-state index in [1.807, 2.05) is 25.1 Å². The predicted molar refractivity (Wildman–Crippen MR) is 77.3 cm³/mol. The number of benzene rings is 1. The van der Waals surface area contributed by atoms with E-state index in [1.54, 1.807) is 7.11 Å². The minimum absolute atomic E-state index is 0.245. The zero-order valence-electron chi connectivity index (χ0n) is 11.1. The molecule has 0 amide bonds. The largest absolute Gasteiger partial charge is 0.494 e. The normalized spacial score (nSPS) is 15.1. The molecule has 2 rings (SSSR count). The summed E-state index contributed by atoms with van der Waals surface area (Å²) in [6.07, 6.45) is 0. The number of aliphatic imine (C=N–C) groups is 1. The van der Waals surface area contributed by atoms with Gasteiger partial charge in [-0.1, -0.05) is 18.7 Å². The number of nitrogens with two attached hydrogens (primary N) is 2. The molecule has 4 N–H and O–H groups in total. The Morgan fingerprint density at radius 1 is 1.53 bits per heavy atom. The summed E-state index contributed by atoms with van der Waals surface area (Å²) < 4.78 is 5.27. The van der Waals surface area contributed by atoms with Gasteiger partial charge in [0.1, 0.15) is 11.4 Å². The highest BCUT2D eigenvalue weighted by molar-refractivity contribution is 5.98. The standard InChI is InChI=1S/C13H17N5O/c1-8(7-14)17-18-9(2)10-5-4-6-11(19-3)12(10)16-13(18)15/h4-6H,2,7,14H2,1,3H3,(H2,15,16)/b17-8+. The first kappa shape index (κ1) is 13.1. The fraction of sp³-hybridized carbons (Fsp3) is 0.231. The molecule has 0 saturated carbocycles. The lowest BCUT2D eigenvalue weighted by Crippen LogP contribution is -2.35. The summed E-state index contributed by atoms with van der Waals surface area (Å²) in [7, 11) is 1.59. The van der Waals surface area contributed by atoms with Crippen molar-refractivity contribution in [3.05, 3.63) is 30.3 Å². The lowest BCUT2D eigenvalue weighted by Gasteiger charge is -2.27. The second-order valence-electron chi connectivity index (χ2n) is 4.12. The van der Waals surface area contributed by atoms with Gasteiger partial charge in [0, 0.05) is 17.8 Å². The molecule has 6 heteroatoms. The van der Waals surface area contributed by atoms with E-state index in [2.05, 4.69) is 16.7 Å². The molecule has 0 unspecified atom stereocenters. The molecular formula is C13H17N5O. The first-order valence-electron chi connectivity index (χ1n) is 5.83.